The van der Waals surface area contributed by atoms with E-state index in [9.17, 15) is 13.2 Å². The third-order valence-corrected chi connectivity index (χ3v) is 3.71. The summed E-state index contributed by atoms with van der Waals surface area (Å²) in [6.45, 7) is 0. The maximum Gasteiger partial charge on any atom is 0.418 e. The quantitative estimate of drug-likeness (QED) is 0.588. The minimum absolute atomic E-state index is 0.0141. The van der Waals surface area contributed by atoms with Crippen LogP contribution >= 0.6 is 0 Å². The van der Waals surface area contributed by atoms with Crippen LogP contribution in [0.25, 0.3) is 28.7 Å². The van der Waals surface area contributed by atoms with Gasteiger partial charge in [-0.15, -0.1) is 5.10 Å². The number of aromatic nitrogens is 6. The minimum atomic E-state index is -4.58. The smallest absolute Gasteiger partial charge is 0.382 e. The molecule has 0 unspecified atom stereocenters. The second kappa shape index (κ2) is 6.20. The summed E-state index contributed by atoms with van der Waals surface area (Å²) in [6.07, 6.45) is -1.46. The van der Waals surface area contributed by atoms with Crippen LogP contribution in [0.3, 0.4) is 0 Å². The Morgan fingerprint density at radius 3 is 2.52 bits per heavy atom. The van der Waals surface area contributed by atoms with Gasteiger partial charge >= 0.3 is 6.18 Å². The molecule has 1 aromatic carbocycles. The van der Waals surface area contributed by atoms with Gasteiger partial charge in [0.25, 0.3) is 5.89 Å². The van der Waals surface area contributed by atoms with Gasteiger partial charge < -0.3 is 10.3 Å². The van der Waals surface area contributed by atoms with Gasteiger partial charge in [0.05, 0.1) is 11.3 Å². The third kappa shape index (κ3) is 2.99. The molecule has 4 aromatic rings. The number of nitrogen functional groups attached to an aromatic ring is 1. The molecule has 0 atom stereocenters. The number of alkyl halides is 3. The van der Waals surface area contributed by atoms with Crippen LogP contribution < -0.4 is 5.73 Å². The number of para-hydroxylation sites is 1. The molecule has 0 aliphatic carbocycles. The van der Waals surface area contributed by atoms with Gasteiger partial charge in [-0.05, 0) is 24.3 Å². The van der Waals surface area contributed by atoms with E-state index in [0.717, 1.165) is 10.7 Å². The molecule has 0 fully saturated rings. The number of nitrogens with two attached hydrogens (primary N) is 1. The van der Waals surface area contributed by atoms with Crippen LogP contribution in [0.1, 0.15) is 5.56 Å². The minimum Gasteiger partial charge on any atom is -0.382 e. The van der Waals surface area contributed by atoms with Crippen molar-refractivity contribution in [2.45, 2.75) is 6.18 Å². The van der Waals surface area contributed by atoms with Crippen molar-refractivity contribution < 1.29 is 17.7 Å². The average Bonchev–Trinajstić information content (AvgIpc) is 3.28. The molecule has 0 amide bonds. The molecule has 8 nitrogen and oxygen atoms in total. The second-order valence-electron chi connectivity index (χ2n) is 5.41. The van der Waals surface area contributed by atoms with Gasteiger partial charge in [0.15, 0.2) is 11.5 Å². The topological polar surface area (TPSA) is 109 Å². The van der Waals surface area contributed by atoms with Crippen LogP contribution in [0.2, 0.25) is 0 Å². The Bertz CT molecular complexity index is 1090. The average molecular weight is 373 g/mol. The molecule has 0 saturated heterocycles. The molecule has 0 radical (unpaired) electrons. The van der Waals surface area contributed by atoms with Gasteiger partial charge in [-0.1, -0.05) is 22.5 Å². The lowest BCUT2D eigenvalue weighted by Gasteiger charge is -2.12. The zero-order valence-corrected chi connectivity index (χ0v) is 13.4. The molecule has 0 aliphatic rings. The van der Waals surface area contributed by atoms with Crippen LogP contribution in [0.5, 0.6) is 0 Å². The number of hydrogen-bond acceptors (Lipinski definition) is 7. The highest BCUT2D eigenvalue weighted by molar-refractivity contribution is 5.66. The van der Waals surface area contributed by atoms with Crippen LogP contribution in [-0.2, 0) is 6.18 Å². The van der Waals surface area contributed by atoms with E-state index in [4.69, 9.17) is 10.3 Å². The summed E-state index contributed by atoms with van der Waals surface area (Å²) in [7, 11) is 0. The molecule has 2 N–H and O–H groups in total. The fourth-order valence-corrected chi connectivity index (χ4v) is 2.46. The summed E-state index contributed by atoms with van der Waals surface area (Å²) in [4.78, 5) is 8.06. The maximum atomic E-state index is 13.2. The van der Waals surface area contributed by atoms with Crippen molar-refractivity contribution in [3.05, 3.63) is 54.4 Å². The van der Waals surface area contributed by atoms with Gasteiger partial charge in [0.2, 0.25) is 5.82 Å². The molecule has 3 heterocycles. The van der Waals surface area contributed by atoms with Crippen molar-refractivity contribution in [3.63, 3.8) is 0 Å². The predicted molar refractivity (Wildman–Crippen MR) is 87.3 cm³/mol. The van der Waals surface area contributed by atoms with Gasteiger partial charge in [-0.25, -0.2) is 0 Å². The lowest BCUT2D eigenvalue weighted by Crippen LogP contribution is -2.12. The predicted octanol–water partition coefficient (Wildman–Crippen LogP) is 2.98. The van der Waals surface area contributed by atoms with E-state index in [1.165, 1.54) is 18.2 Å². The standard InChI is InChI=1S/C16H10F3N7O/c17-16(18,19)10-3-1-2-4-11(10)26-13(20)12(23-25-26)15-22-14(24-27-15)9-5-7-21-8-6-9/h1-8H,20H2. The van der Waals surface area contributed by atoms with Gasteiger partial charge in [-0.3, -0.25) is 4.98 Å². The zero-order valence-electron chi connectivity index (χ0n) is 13.4. The Balaban J connectivity index is 1.76. The molecule has 0 aliphatic heterocycles. The number of pyridine rings is 1. The van der Waals surface area contributed by atoms with E-state index < -0.39 is 11.7 Å². The molecule has 27 heavy (non-hydrogen) atoms. The Hall–Kier alpha value is -3.76. The van der Waals surface area contributed by atoms with E-state index in [0.29, 0.717) is 5.56 Å². The van der Waals surface area contributed by atoms with Gasteiger partial charge in [0, 0.05) is 18.0 Å². The third-order valence-electron chi connectivity index (χ3n) is 3.71. The van der Waals surface area contributed by atoms with Crippen molar-refractivity contribution >= 4 is 5.82 Å². The van der Waals surface area contributed by atoms with Crippen molar-refractivity contribution in [3.8, 4) is 28.7 Å². The van der Waals surface area contributed by atoms with E-state index in [-0.39, 0.29) is 28.9 Å². The lowest BCUT2D eigenvalue weighted by molar-refractivity contribution is -0.137. The highest BCUT2D eigenvalue weighted by Crippen LogP contribution is 2.35. The molecule has 4 rings (SSSR count). The summed E-state index contributed by atoms with van der Waals surface area (Å²) < 4.78 is 45.7. The number of benzene rings is 1. The Morgan fingerprint density at radius 1 is 1.04 bits per heavy atom. The van der Waals surface area contributed by atoms with E-state index in [1.54, 1.807) is 24.5 Å². The highest BCUT2D eigenvalue weighted by Gasteiger charge is 2.35. The Kier molecular flexibility index (Phi) is 3.83. The first-order chi connectivity index (χ1) is 12.9. The molecule has 0 spiro atoms. The first kappa shape index (κ1) is 16.7. The number of halogens is 3. The SMILES string of the molecule is Nc1c(-c2nc(-c3ccncc3)no2)nnn1-c1ccccc1C(F)(F)F. The molecular formula is C16H10F3N7O. The van der Waals surface area contributed by atoms with Gasteiger partial charge in [-0.2, -0.15) is 22.8 Å². The van der Waals surface area contributed by atoms with Crippen molar-refractivity contribution in [1.29, 1.82) is 0 Å². The van der Waals surface area contributed by atoms with Crippen LogP contribution in [0.4, 0.5) is 19.0 Å². The molecular weight excluding hydrogens is 363 g/mol. The summed E-state index contributed by atoms with van der Waals surface area (Å²) in [6, 6.07) is 8.25. The summed E-state index contributed by atoms with van der Waals surface area (Å²) in [5.41, 5.74) is 5.45. The second-order valence-corrected chi connectivity index (χ2v) is 5.41. The number of rotatable bonds is 3. The van der Waals surface area contributed by atoms with Crippen molar-refractivity contribution in [1.82, 2.24) is 30.1 Å². The number of anilines is 1. The molecule has 3 aromatic heterocycles. The summed E-state index contributed by atoms with van der Waals surface area (Å²) in [5, 5.41) is 11.3. The van der Waals surface area contributed by atoms with Crippen LogP contribution in [0.15, 0.2) is 53.3 Å². The maximum absolute atomic E-state index is 13.2. The fourth-order valence-electron chi connectivity index (χ4n) is 2.46. The largest absolute Gasteiger partial charge is 0.418 e. The van der Waals surface area contributed by atoms with Gasteiger partial charge in [0.1, 0.15) is 0 Å². The fraction of sp³-hybridized carbons (Fsp3) is 0.0625. The normalized spacial score (nSPS) is 11.7. The number of hydrogen-bond donors (Lipinski definition) is 1. The zero-order chi connectivity index (χ0) is 19.0. The Labute approximate surface area is 149 Å². The van der Waals surface area contributed by atoms with Crippen molar-refractivity contribution in [2.75, 3.05) is 5.73 Å². The number of nitrogens with zero attached hydrogens (tertiary/aromatic N) is 6. The van der Waals surface area contributed by atoms with Crippen LogP contribution in [-0.4, -0.2) is 30.1 Å². The molecule has 11 heteroatoms. The molecule has 0 bridgehead atoms. The van der Waals surface area contributed by atoms with E-state index in [1.807, 2.05) is 0 Å². The van der Waals surface area contributed by atoms with E-state index >= 15 is 0 Å². The molecule has 136 valence electrons. The lowest BCUT2D eigenvalue weighted by atomic mass is 10.1. The molecule has 0 saturated carbocycles. The first-order valence-corrected chi connectivity index (χ1v) is 7.57. The highest BCUT2D eigenvalue weighted by atomic mass is 19.4. The Morgan fingerprint density at radius 2 is 1.78 bits per heavy atom. The van der Waals surface area contributed by atoms with Crippen LogP contribution in [0, 0.1) is 0 Å². The first-order valence-electron chi connectivity index (χ1n) is 7.57. The summed E-state index contributed by atoms with van der Waals surface area (Å²) >= 11 is 0. The monoisotopic (exact) mass is 373 g/mol. The summed E-state index contributed by atoms with van der Waals surface area (Å²) in [5.74, 6) is 0.0451. The van der Waals surface area contributed by atoms with E-state index in [2.05, 4.69) is 25.4 Å². The van der Waals surface area contributed by atoms with Crippen molar-refractivity contribution in [2.24, 2.45) is 0 Å².